The fraction of sp³-hybridized carbons (Fsp3) is 0.429. The number of hydrogen-bond donors (Lipinski definition) is 1. The molecule has 1 aromatic carbocycles. The second-order valence-electron chi connectivity index (χ2n) is 5.08. The van der Waals surface area contributed by atoms with Gasteiger partial charge < -0.3 is 10.1 Å². The van der Waals surface area contributed by atoms with Crippen LogP contribution in [0.5, 0.6) is 0 Å². The maximum Gasteiger partial charge on any atom is 0.338 e. The monoisotopic (exact) mass is 292 g/mol. The summed E-state index contributed by atoms with van der Waals surface area (Å²) >= 11 is 0. The van der Waals surface area contributed by atoms with Crippen molar-refractivity contribution in [2.45, 2.75) is 25.8 Å². The van der Waals surface area contributed by atoms with Crippen molar-refractivity contribution in [1.82, 2.24) is 5.32 Å². The van der Waals surface area contributed by atoms with E-state index in [1.54, 1.807) is 0 Å². The van der Waals surface area contributed by atoms with Gasteiger partial charge in [-0.2, -0.15) is 0 Å². The Hall–Kier alpha value is -2.44. The summed E-state index contributed by atoms with van der Waals surface area (Å²) in [5.74, 6) is -0.609. The molecule has 1 aliphatic carbocycles. The number of hydrogen-bond acceptors (Lipinski definition) is 5. The first-order valence-corrected chi connectivity index (χ1v) is 6.68. The van der Waals surface area contributed by atoms with Crippen LogP contribution in [-0.4, -0.2) is 29.4 Å². The highest BCUT2D eigenvalue weighted by Gasteiger charge is 2.29. The van der Waals surface area contributed by atoms with Gasteiger partial charge in [0.15, 0.2) is 6.61 Å². The van der Waals surface area contributed by atoms with Gasteiger partial charge in [-0.1, -0.05) is 6.07 Å². The second kappa shape index (κ2) is 6.34. The molecule has 1 fully saturated rings. The number of nitro groups is 1. The van der Waals surface area contributed by atoms with Gasteiger partial charge in [0.1, 0.15) is 0 Å². The van der Waals surface area contributed by atoms with Crippen LogP contribution in [0.2, 0.25) is 0 Å². The topological polar surface area (TPSA) is 98.5 Å². The molecule has 0 bridgehead atoms. The average Bonchev–Trinajstić information content (AvgIpc) is 3.29. The molecule has 0 aliphatic heterocycles. The number of benzene rings is 1. The van der Waals surface area contributed by atoms with E-state index in [-0.39, 0.29) is 23.2 Å². The van der Waals surface area contributed by atoms with Gasteiger partial charge in [0, 0.05) is 18.2 Å². The van der Waals surface area contributed by atoms with Crippen LogP contribution in [0.3, 0.4) is 0 Å². The zero-order chi connectivity index (χ0) is 15.4. The summed E-state index contributed by atoms with van der Waals surface area (Å²) in [6.45, 7) is 1.52. The molecular weight excluding hydrogens is 276 g/mol. The molecule has 0 unspecified atom stereocenters. The first kappa shape index (κ1) is 15.0. The Labute approximate surface area is 121 Å². The molecule has 7 nitrogen and oxygen atoms in total. The molecule has 7 heteroatoms. The fourth-order valence-electron chi connectivity index (χ4n) is 1.97. The average molecular weight is 292 g/mol. The van der Waals surface area contributed by atoms with E-state index in [0.717, 1.165) is 18.9 Å². The molecule has 0 heterocycles. The first-order chi connectivity index (χ1) is 9.97. The zero-order valence-corrected chi connectivity index (χ0v) is 11.6. The highest BCUT2D eigenvalue weighted by Crippen LogP contribution is 2.32. The highest BCUT2D eigenvalue weighted by molar-refractivity contribution is 5.91. The molecule has 1 amide bonds. The largest absolute Gasteiger partial charge is 0.452 e. The SMILES string of the molecule is C[C@H](NC(=O)COC(=O)c1cccc([N+](=O)[O-])c1)C1CC1. The summed E-state index contributed by atoms with van der Waals surface area (Å²) in [7, 11) is 0. The standard InChI is InChI=1S/C14H16N2O5/c1-9(10-5-6-10)15-13(17)8-21-14(18)11-3-2-4-12(7-11)16(19)20/h2-4,7,9-10H,5-6,8H2,1H3,(H,15,17)/t9-/m0/s1. The quantitative estimate of drug-likeness (QED) is 0.488. The number of nitrogens with zero attached hydrogens (tertiary/aromatic N) is 1. The lowest BCUT2D eigenvalue weighted by Crippen LogP contribution is -2.37. The molecule has 1 N–H and O–H groups in total. The minimum atomic E-state index is -0.757. The molecule has 112 valence electrons. The Morgan fingerprint density at radius 2 is 2.19 bits per heavy atom. The Balaban J connectivity index is 1.84. The number of rotatable bonds is 6. The van der Waals surface area contributed by atoms with Crippen molar-refractivity contribution in [3.8, 4) is 0 Å². The van der Waals surface area contributed by atoms with Crippen LogP contribution in [0.1, 0.15) is 30.1 Å². The third-order valence-electron chi connectivity index (χ3n) is 3.34. The van der Waals surface area contributed by atoms with Gasteiger partial charge in [0.25, 0.3) is 11.6 Å². The number of carbonyl (C=O) groups excluding carboxylic acids is 2. The Morgan fingerprint density at radius 3 is 2.81 bits per heavy atom. The van der Waals surface area contributed by atoms with Gasteiger partial charge in [-0.25, -0.2) is 4.79 Å². The third-order valence-corrected chi connectivity index (χ3v) is 3.34. The van der Waals surface area contributed by atoms with Gasteiger partial charge in [-0.15, -0.1) is 0 Å². The van der Waals surface area contributed by atoms with Crippen molar-refractivity contribution in [2.75, 3.05) is 6.61 Å². The number of carbonyl (C=O) groups is 2. The zero-order valence-electron chi connectivity index (χ0n) is 11.6. The van der Waals surface area contributed by atoms with Crippen molar-refractivity contribution >= 4 is 17.6 Å². The summed E-state index contributed by atoms with van der Waals surface area (Å²) < 4.78 is 4.85. The van der Waals surface area contributed by atoms with Crippen LogP contribution in [0.4, 0.5) is 5.69 Å². The molecule has 0 radical (unpaired) electrons. The van der Waals surface area contributed by atoms with Gasteiger partial charge >= 0.3 is 5.97 Å². The molecule has 0 spiro atoms. The van der Waals surface area contributed by atoms with E-state index in [4.69, 9.17) is 4.74 Å². The summed E-state index contributed by atoms with van der Waals surface area (Å²) in [5.41, 5.74) is -0.150. The number of amides is 1. The molecule has 1 aromatic rings. The van der Waals surface area contributed by atoms with Crippen LogP contribution in [-0.2, 0) is 9.53 Å². The van der Waals surface area contributed by atoms with E-state index in [9.17, 15) is 19.7 Å². The molecule has 1 saturated carbocycles. The number of ether oxygens (including phenoxy) is 1. The number of non-ortho nitro benzene ring substituents is 1. The predicted molar refractivity (Wildman–Crippen MR) is 73.7 cm³/mol. The van der Waals surface area contributed by atoms with E-state index in [1.165, 1.54) is 18.2 Å². The van der Waals surface area contributed by atoms with Crippen LogP contribution < -0.4 is 5.32 Å². The van der Waals surface area contributed by atoms with Crippen molar-refractivity contribution in [1.29, 1.82) is 0 Å². The Morgan fingerprint density at radius 1 is 1.48 bits per heavy atom. The van der Waals surface area contributed by atoms with E-state index in [2.05, 4.69) is 5.32 Å². The molecule has 0 saturated heterocycles. The van der Waals surface area contributed by atoms with Gasteiger partial charge in [0.2, 0.25) is 0 Å². The molecule has 0 aromatic heterocycles. The number of nitrogens with one attached hydrogen (secondary N) is 1. The smallest absolute Gasteiger partial charge is 0.338 e. The summed E-state index contributed by atoms with van der Waals surface area (Å²) in [6, 6.07) is 5.27. The Kier molecular flexibility index (Phi) is 4.52. The second-order valence-corrected chi connectivity index (χ2v) is 5.08. The minimum Gasteiger partial charge on any atom is -0.452 e. The van der Waals surface area contributed by atoms with E-state index in [1.807, 2.05) is 6.92 Å². The lowest BCUT2D eigenvalue weighted by molar-refractivity contribution is -0.384. The first-order valence-electron chi connectivity index (χ1n) is 6.68. The van der Waals surface area contributed by atoms with Crippen LogP contribution in [0, 0.1) is 16.0 Å². The van der Waals surface area contributed by atoms with Gasteiger partial charge in [-0.05, 0) is 31.7 Å². The fourth-order valence-corrected chi connectivity index (χ4v) is 1.97. The number of esters is 1. The van der Waals surface area contributed by atoms with Crippen molar-refractivity contribution < 1.29 is 19.2 Å². The molecule has 1 atom stereocenters. The van der Waals surface area contributed by atoms with E-state index in [0.29, 0.717) is 5.92 Å². The van der Waals surface area contributed by atoms with Crippen molar-refractivity contribution in [3.05, 3.63) is 39.9 Å². The summed E-state index contributed by atoms with van der Waals surface area (Å²) in [4.78, 5) is 33.4. The van der Waals surface area contributed by atoms with Gasteiger partial charge in [0.05, 0.1) is 10.5 Å². The minimum absolute atomic E-state index is 0.0484. The molecule has 21 heavy (non-hydrogen) atoms. The van der Waals surface area contributed by atoms with Gasteiger partial charge in [-0.3, -0.25) is 14.9 Å². The maximum atomic E-state index is 11.7. The van der Waals surface area contributed by atoms with E-state index >= 15 is 0 Å². The highest BCUT2D eigenvalue weighted by atomic mass is 16.6. The number of nitro benzene ring substituents is 1. The van der Waals surface area contributed by atoms with Crippen LogP contribution in [0.15, 0.2) is 24.3 Å². The predicted octanol–water partition coefficient (Wildman–Crippen LogP) is 1.67. The maximum absolute atomic E-state index is 11.7. The summed E-state index contributed by atoms with van der Waals surface area (Å²) in [5, 5.41) is 13.4. The lowest BCUT2D eigenvalue weighted by atomic mass is 10.2. The van der Waals surface area contributed by atoms with E-state index < -0.39 is 17.5 Å². The van der Waals surface area contributed by atoms with Crippen molar-refractivity contribution in [2.24, 2.45) is 5.92 Å². The Bertz CT molecular complexity index is 568. The van der Waals surface area contributed by atoms with Crippen LogP contribution >= 0.6 is 0 Å². The van der Waals surface area contributed by atoms with Crippen molar-refractivity contribution in [3.63, 3.8) is 0 Å². The molecule has 2 rings (SSSR count). The normalized spacial score (nSPS) is 15.1. The third kappa shape index (κ3) is 4.27. The lowest BCUT2D eigenvalue weighted by Gasteiger charge is -2.12. The molecule has 1 aliphatic rings. The van der Waals surface area contributed by atoms with Crippen LogP contribution in [0.25, 0.3) is 0 Å². The summed E-state index contributed by atoms with van der Waals surface area (Å²) in [6.07, 6.45) is 2.21. The molecular formula is C14H16N2O5.